The van der Waals surface area contributed by atoms with Gasteiger partial charge in [0.05, 0.1) is 4.70 Å². The molecular formula is C28H33N3OS. The van der Waals surface area contributed by atoms with Gasteiger partial charge in [0.15, 0.2) is 5.78 Å². The Hall–Kier alpha value is -2.50. The van der Waals surface area contributed by atoms with Gasteiger partial charge in [-0.25, -0.2) is 0 Å². The summed E-state index contributed by atoms with van der Waals surface area (Å²) in [5.74, 6) is 1.41. The van der Waals surface area contributed by atoms with E-state index in [0.717, 1.165) is 38.2 Å². The van der Waals surface area contributed by atoms with Gasteiger partial charge in [-0.05, 0) is 97.2 Å². The van der Waals surface area contributed by atoms with Gasteiger partial charge >= 0.3 is 0 Å². The normalized spacial score (nSPS) is 16.8. The van der Waals surface area contributed by atoms with Crippen molar-refractivity contribution in [3.63, 3.8) is 0 Å². The second kappa shape index (κ2) is 9.78. The molecule has 5 heteroatoms. The summed E-state index contributed by atoms with van der Waals surface area (Å²) in [5, 5.41) is 1.30. The van der Waals surface area contributed by atoms with Gasteiger partial charge < -0.3 is 4.90 Å². The predicted octanol–water partition coefficient (Wildman–Crippen LogP) is 5.67. The summed E-state index contributed by atoms with van der Waals surface area (Å²) >= 11 is 1.61. The summed E-state index contributed by atoms with van der Waals surface area (Å²) in [4.78, 5) is 17.1. The van der Waals surface area contributed by atoms with E-state index in [1.807, 2.05) is 6.92 Å². The third kappa shape index (κ3) is 4.75. The second-order valence-corrected chi connectivity index (χ2v) is 10.3. The highest BCUT2D eigenvalue weighted by Gasteiger charge is 2.21. The van der Waals surface area contributed by atoms with Gasteiger partial charge in [0.1, 0.15) is 5.82 Å². The number of ketones is 1. The first-order chi connectivity index (χ1) is 16.1. The van der Waals surface area contributed by atoms with E-state index in [9.17, 15) is 4.79 Å². The Morgan fingerprint density at radius 3 is 2.64 bits per heavy atom. The maximum atomic E-state index is 12.0. The fraction of sp³-hybridized carbons (Fsp3) is 0.429. The Morgan fingerprint density at radius 2 is 1.79 bits per heavy atom. The fourth-order valence-corrected chi connectivity index (χ4v) is 6.13. The number of aryl methyl sites for hydroxylation is 1. The molecule has 2 aromatic carbocycles. The lowest BCUT2D eigenvalue weighted by Gasteiger charge is -2.35. The van der Waals surface area contributed by atoms with Gasteiger partial charge in [-0.15, -0.1) is 0 Å². The van der Waals surface area contributed by atoms with Crippen LogP contribution in [0, 0.1) is 6.92 Å². The van der Waals surface area contributed by atoms with Crippen LogP contribution in [0.3, 0.4) is 0 Å². The lowest BCUT2D eigenvalue weighted by molar-refractivity contribution is -0.114. The number of benzene rings is 2. The maximum Gasteiger partial charge on any atom is 0.160 e. The van der Waals surface area contributed by atoms with E-state index < -0.39 is 0 Å². The van der Waals surface area contributed by atoms with Crippen LogP contribution in [-0.2, 0) is 17.6 Å². The van der Waals surface area contributed by atoms with Gasteiger partial charge in [0, 0.05) is 38.0 Å². The predicted molar refractivity (Wildman–Crippen MR) is 139 cm³/mol. The molecule has 0 spiro atoms. The molecule has 1 aliphatic heterocycles. The molecule has 33 heavy (non-hydrogen) atoms. The van der Waals surface area contributed by atoms with Crippen molar-refractivity contribution in [2.75, 3.05) is 37.6 Å². The molecule has 0 saturated carbocycles. The molecule has 0 N–H and O–H groups in total. The van der Waals surface area contributed by atoms with Crippen LogP contribution in [0.1, 0.15) is 48.4 Å². The van der Waals surface area contributed by atoms with E-state index in [1.54, 1.807) is 17.6 Å². The Morgan fingerprint density at radius 1 is 0.970 bits per heavy atom. The van der Waals surface area contributed by atoms with Gasteiger partial charge in [-0.1, -0.05) is 30.7 Å². The van der Waals surface area contributed by atoms with E-state index in [2.05, 4.69) is 53.1 Å². The molecular weight excluding hydrogens is 426 g/mol. The highest BCUT2D eigenvalue weighted by atomic mass is 32.1. The summed E-state index contributed by atoms with van der Waals surface area (Å²) < 4.78 is 6.01. The van der Waals surface area contributed by atoms with E-state index >= 15 is 0 Å². The average Bonchev–Trinajstić information content (AvgIpc) is 3.25. The van der Waals surface area contributed by atoms with E-state index in [-0.39, 0.29) is 5.78 Å². The molecule has 3 aromatic rings. The highest BCUT2D eigenvalue weighted by molar-refractivity contribution is 7.13. The number of fused-ring (bicyclic) bond motifs is 2. The van der Waals surface area contributed by atoms with Crippen molar-refractivity contribution in [2.24, 2.45) is 0 Å². The first-order valence-electron chi connectivity index (χ1n) is 12.2. The number of hydrogen-bond acceptors (Lipinski definition) is 5. The highest BCUT2D eigenvalue weighted by Crippen LogP contribution is 2.31. The molecule has 5 rings (SSSR count). The van der Waals surface area contributed by atoms with Crippen LogP contribution in [0.4, 0.5) is 5.82 Å². The molecule has 1 saturated heterocycles. The number of allylic oxidation sites excluding steroid dienone is 2. The molecule has 1 aliphatic carbocycles. The zero-order valence-electron chi connectivity index (χ0n) is 19.8. The SMILES string of the molecule is CC1=CC(=O)Cc2c1ccc(CCCCCN1CCN(c3nsc4ccccc34)CC1)c2C. The van der Waals surface area contributed by atoms with Gasteiger partial charge in [0.25, 0.3) is 0 Å². The third-order valence-corrected chi connectivity index (χ3v) is 8.13. The number of anilines is 1. The number of hydrogen-bond donors (Lipinski definition) is 0. The maximum absolute atomic E-state index is 12.0. The number of rotatable bonds is 7. The summed E-state index contributed by atoms with van der Waals surface area (Å²) in [6, 6.07) is 13.1. The number of carbonyl (C=O) groups is 1. The van der Waals surface area contributed by atoms with Crippen molar-refractivity contribution in [3.05, 3.63) is 64.7 Å². The quantitative estimate of drug-likeness (QED) is 0.427. The molecule has 0 radical (unpaired) electrons. The fourth-order valence-electron chi connectivity index (χ4n) is 5.33. The summed E-state index contributed by atoms with van der Waals surface area (Å²) in [5.41, 5.74) is 6.38. The van der Waals surface area contributed by atoms with Crippen molar-refractivity contribution >= 4 is 38.8 Å². The standard InChI is InChI=1S/C28H33N3OS/c1-20-18-23(32)19-26-21(2)22(11-12-24(20)26)8-4-3-7-13-30-14-16-31(17-15-30)28-25-9-5-6-10-27(25)33-29-28/h5-6,9-12,18H,3-4,7-8,13-17,19H2,1-2H3. The van der Waals surface area contributed by atoms with Crippen LogP contribution in [0.2, 0.25) is 0 Å². The van der Waals surface area contributed by atoms with Crippen molar-refractivity contribution < 1.29 is 4.79 Å². The Bertz CT molecular complexity index is 1190. The van der Waals surface area contributed by atoms with Crippen molar-refractivity contribution in [1.29, 1.82) is 0 Å². The summed E-state index contributed by atoms with van der Waals surface area (Å²) in [6.45, 7) is 9.81. The molecule has 4 nitrogen and oxygen atoms in total. The lowest BCUT2D eigenvalue weighted by atomic mass is 9.85. The van der Waals surface area contributed by atoms with E-state index in [0.29, 0.717) is 6.42 Å². The Balaban J connectivity index is 1.06. The number of piperazine rings is 1. The topological polar surface area (TPSA) is 36.4 Å². The van der Waals surface area contributed by atoms with Crippen molar-refractivity contribution in [1.82, 2.24) is 9.27 Å². The van der Waals surface area contributed by atoms with E-state index in [4.69, 9.17) is 4.37 Å². The first kappa shape index (κ1) is 22.3. The minimum Gasteiger partial charge on any atom is -0.353 e. The van der Waals surface area contributed by atoms with Crippen molar-refractivity contribution in [3.8, 4) is 0 Å². The number of nitrogens with zero attached hydrogens (tertiary/aromatic N) is 3. The third-order valence-electron chi connectivity index (χ3n) is 7.31. The van der Waals surface area contributed by atoms with Crippen molar-refractivity contribution in [2.45, 2.75) is 46.0 Å². The zero-order chi connectivity index (χ0) is 22.8. The minimum atomic E-state index is 0.239. The van der Waals surface area contributed by atoms with Crippen LogP contribution in [0.5, 0.6) is 0 Å². The second-order valence-electron chi connectivity index (χ2n) is 9.49. The molecule has 1 fully saturated rings. The molecule has 2 heterocycles. The number of unbranched alkanes of at least 4 members (excludes halogenated alkanes) is 2. The summed E-state index contributed by atoms with van der Waals surface area (Å²) in [6.07, 6.45) is 7.19. The summed E-state index contributed by atoms with van der Waals surface area (Å²) in [7, 11) is 0. The molecule has 0 bridgehead atoms. The smallest absolute Gasteiger partial charge is 0.160 e. The van der Waals surface area contributed by atoms with Crippen LogP contribution >= 0.6 is 11.5 Å². The van der Waals surface area contributed by atoms with Crippen LogP contribution in [0.15, 0.2) is 42.5 Å². The van der Waals surface area contributed by atoms with Gasteiger partial charge in [-0.2, -0.15) is 4.37 Å². The Labute approximate surface area is 201 Å². The first-order valence-corrected chi connectivity index (χ1v) is 13.0. The van der Waals surface area contributed by atoms with Crippen LogP contribution < -0.4 is 4.90 Å². The monoisotopic (exact) mass is 459 g/mol. The molecule has 2 aliphatic rings. The van der Waals surface area contributed by atoms with Crippen LogP contribution in [0.25, 0.3) is 15.7 Å². The van der Waals surface area contributed by atoms with E-state index in [1.165, 1.54) is 64.0 Å². The minimum absolute atomic E-state index is 0.239. The molecule has 1 aromatic heterocycles. The molecule has 0 amide bonds. The van der Waals surface area contributed by atoms with Crippen LogP contribution in [-0.4, -0.2) is 47.8 Å². The Kier molecular flexibility index (Phi) is 6.61. The molecule has 172 valence electrons. The van der Waals surface area contributed by atoms with Gasteiger partial charge in [0.2, 0.25) is 0 Å². The molecule has 0 unspecified atom stereocenters. The molecule has 0 atom stereocenters. The number of carbonyl (C=O) groups excluding carboxylic acids is 1. The average molecular weight is 460 g/mol. The van der Waals surface area contributed by atoms with Gasteiger partial charge in [-0.3, -0.25) is 9.69 Å². The number of aromatic nitrogens is 1. The largest absolute Gasteiger partial charge is 0.353 e. The lowest BCUT2D eigenvalue weighted by Crippen LogP contribution is -2.46. The zero-order valence-corrected chi connectivity index (χ0v) is 20.6.